The van der Waals surface area contributed by atoms with E-state index in [4.69, 9.17) is 0 Å². The Hall–Kier alpha value is -3.52. The summed E-state index contributed by atoms with van der Waals surface area (Å²) in [5, 5.41) is 0. The van der Waals surface area contributed by atoms with Gasteiger partial charge in [0.1, 0.15) is 0 Å². The highest BCUT2D eigenvalue weighted by molar-refractivity contribution is 5.93. The predicted molar refractivity (Wildman–Crippen MR) is 207 cm³/mol. The van der Waals surface area contributed by atoms with Crippen molar-refractivity contribution in [2.24, 2.45) is 5.41 Å². The van der Waals surface area contributed by atoms with Gasteiger partial charge in [-0.3, -0.25) is 0 Å². The van der Waals surface area contributed by atoms with Gasteiger partial charge in [-0.15, -0.1) is 0 Å². The van der Waals surface area contributed by atoms with Crippen molar-refractivity contribution in [1.82, 2.24) is 0 Å². The largest absolute Gasteiger partial charge is 0.353 e. The molecule has 4 aromatic carbocycles. The summed E-state index contributed by atoms with van der Waals surface area (Å²) in [6, 6.07) is 32.1. The first-order chi connectivity index (χ1) is 22.6. The standard InChI is InChI=1S/C46H57N2/c1-13-46(14-2)28-43(7,8)48(40-32(29(3)4)20-19-21-33(40)30(5)6)42(46)31-26-36-41-37(27-31)45(11,12)35-23-16-18-25-39(35)47(41)38-24-17-15-22-34(38)44(36,9)10/h15-27,29-30H,13-14,28H2,1-12H3. The van der Waals surface area contributed by atoms with Crippen molar-refractivity contribution in [2.75, 3.05) is 9.80 Å². The van der Waals surface area contributed by atoms with Crippen LogP contribution in [0.25, 0.3) is 0 Å². The molecule has 0 bridgehead atoms. The molecule has 0 N–H and O–H groups in total. The molecule has 0 aliphatic carbocycles. The van der Waals surface area contributed by atoms with Gasteiger partial charge < -0.3 is 9.80 Å². The van der Waals surface area contributed by atoms with Crippen LogP contribution in [0, 0.1) is 11.5 Å². The van der Waals surface area contributed by atoms with Crippen molar-refractivity contribution in [1.29, 1.82) is 0 Å². The van der Waals surface area contributed by atoms with Crippen LogP contribution < -0.4 is 9.80 Å². The number of benzene rings is 4. The molecule has 4 aromatic rings. The van der Waals surface area contributed by atoms with Crippen molar-refractivity contribution in [2.45, 2.75) is 131 Å². The lowest BCUT2D eigenvalue weighted by molar-refractivity contribution is 0.284. The van der Waals surface area contributed by atoms with E-state index in [2.05, 4.69) is 172 Å². The molecule has 1 radical (unpaired) electrons. The highest BCUT2D eigenvalue weighted by atomic mass is 15.3. The lowest BCUT2D eigenvalue weighted by atomic mass is 9.64. The quantitative estimate of drug-likeness (QED) is 0.208. The molecule has 2 nitrogen and oxygen atoms in total. The van der Waals surface area contributed by atoms with Crippen molar-refractivity contribution < 1.29 is 0 Å². The Bertz CT molecular complexity index is 1780. The summed E-state index contributed by atoms with van der Waals surface area (Å²) in [4.78, 5) is 5.44. The van der Waals surface area contributed by atoms with Crippen LogP contribution in [0.5, 0.6) is 0 Å². The van der Waals surface area contributed by atoms with Crippen LogP contribution in [0.2, 0.25) is 0 Å². The number of fused-ring (bicyclic) bond motifs is 4. The molecule has 251 valence electrons. The SMILES string of the molecule is CCC1(CC)CC(C)(C)N(c2c(C(C)C)cccc2C(C)C)[C]1c1cc2c3c(c1)C(C)(C)c1ccccc1N3c1ccccc1C2(C)C. The van der Waals surface area contributed by atoms with Crippen molar-refractivity contribution in [3.8, 4) is 0 Å². The monoisotopic (exact) mass is 637 g/mol. The summed E-state index contributed by atoms with van der Waals surface area (Å²) in [6.45, 7) is 29.2. The molecular formula is C46H57N2. The van der Waals surface area contributed by atoms with Crippen LogP contribution in [-0.2, 0) is 10.8 Å². The van der Waals surface area contributed by atoms with E-state index in [1.807, 2.05) is 0 Å². The predicted octanol–water partition coefficient (Wildman–Crippen LogP) is 13.1. The van der Waals surface area contributed by atoms with Gasteiger partial charge in [-0.1, -0.05) is 136 Å². The molecule has 2 heteroatoms. The summed E-state index contributed by atoms with van der Waals surface area (Å²) in [5.74, 6) is 0.858. The molecule has 0 aromatic heterocycles. The summed E-state index contributed by atoms with van der Waals surface area (Å²) in [7, 11) is 0. The van der Waals surface area contributed by atoms with E-state index >= 15 is 0 Å². The second kappa shape index (κ2) is 11.0. The van der Waals surface area contributed by atoms with Crippen LogP contribution in [-0.4, -0.2) is 5.54 Å². The van der Waals surface area contributed by atoms with E-state index in [1.165, 1.54) is 67.7 Å². The lowest BCUT2D eigenvalue weighted by Crippen LogP contribution is -2.43. The van der Waals surface area contributed by atoms with E-state index in [-0.39, 0.29) is 21.8 Å². The van der Waals surface area contributed by atoms with Gasteiger partial charge in [0.25, 0.3) is 0 Å². The van der Waals surface area contributed by atoms with Crippen LogP contribution in [0.1, 0.15) is 153 Å². The Morgan fingerprint density at radius 1 is 0.583 bits per heavy atom. The minimum absolute atomic E-state index is 0.0423. The maximum Gasteiger partial charge on any atom is 0.0995 e. The zero-order valence-corrected chi connectivity index (χ0v) is 31.7. The number of hydrogen-bond donors (Lipinski definition) is 0. The second-order valence-electron chi connectivity index (χ2n) is 17.3. The Kier molecular flexibility index (Phi) is 7.56. The molecule has 3 aliphatic heterocycles. The van der Waals surface area contributed by atoms with Gasteiger partial charge in [-0.2, -0.15) is 0 Å². The molecular weight excluding hydrogens is 581 g/mol. The third kappa shape index (κ3) is 4.43. The van der Waals surface area contributed by atoms with Gasteiger partial charge in [-0.05, 0) is 96.0 Å². The first-order valence-electron chi connectivity index (χ1n) is 18.6. The Morgan fingerprint density at radius 3 is 1.48 bits per heavy atom. The maximum atomic E-state index is 2.85. The molecule has 3 aliphatic rings. The average Bonchev–Trinajstić information content (AvgIpc) is 3.30. The van der Waals surface area contributed by atoms with E-state index in [0.29, 0.717) is 11.8 Å². The molecule has 1 saturated heterocycles. The maximum absolute atomic E-state index is 2.85. The van der Waals surface area contributed by atoms with Crippen LogP contribution >= 0.6 is 0 Å². The van der Waals surface area contributed by atoms with Crippen molar-refractivity contribution in [3.63, 3.8) is 0 Å². The zero-order valence-electron chi connectivity index (χ0n) is 31.7. The third-order valence-electron chi connectivity index (χ3n) is 12.6. The Morgan fingerprint density at radius 2 is 1.04 bits per heavy atom. The van der Waals surface area contributed by atoms with Gasteiger partial charge in [0.2, 0.25) is 0 Å². The smallest absolute Gasteiger partial charge is 0.0995 e. The molecule has 0 unspecified atom stereocenters. The first-order valence-corrected chi connectivity index (χ1v) is 18.6. The molecule has 0 amide bonds. The van der Waals surface area contributed by atoms with Crippen LogP contribution in [0.4, 0.5) is 22.7 Å². The first kappa shape index (κ1) is 33.0. The van der Waals surface area contributed by atoms with Gasteiger partial charge in [-0.25, -0.2) is 0 Å². The van der Waals surface area contributed by atoms with E-state index in [9.17, 15) is 0 Å². The van der Waals surface area contributed by atoms with Gasteiger partial charge in [0.15, 0.2) is 0 Å². The van der Waals surface area contributed by atoms with E-state index in [0.717, 1.165) is 19.3 Å². The highest BCUT2D eigenvalue weighted by Gasteiger charge is 2.57. The molecule has 48 heavy (non-hydrogen) atoms. The number of hydrogen-bond acceptors (Lipinski definition) is 2. The van der Waals surface area contributed by atoms with Crippen molar-refractivity contribution in [3.05, 3.63) is 124 Å². The minimum atomic E-state index is -0.158. The normalized spacial score (nSPS) is 19.8. The van der Waals surface area contributed by atoms with Gasteiger partial charge in [0.05, 0.1) is 23.1 Å². The molecule has 7 rings (SSSR count). The highest BCUT2D eigenvalue weighted by Crippen LogP contribution is 2.64. The second-order valence-corrected chi connectivity index (χ2v) is 17.3. The number of anilines is 4. The fraction of sp³-hybridized carbons (Fsp3) is 0.457. The van der Waals surface area contributed by atoms with Crippen molar-refractivity contribution >= 4 is 22.7 Å². The number of para-hydroxylation sites is 3. The fourth-order valence-corrected chi connectivity index (χ4v) is 10.0. The summed E-state index contributed by atoms with van der Waals surface area (Å²) >= 11 is 0. The third-order valence-corrected chi connectivity index (χ3v) is 12.6. The molecule has 0 spiro atoms. The molecule has 0 saturated carbocycles. The zero-order chi connectivity index (χ0) is 34.6. The molecule has 3 heterocycles. The van der Waals surface area contributed by atoms with E-state index in [1.54, 1.807) is 0 Å². The van der Waals surface area contributed by atoms with Crippen LogP contribution in [0.3, 0.4) is 0 Å². The number of rotatable bonds is 6. The van der Waals surface area contributed by atoms with E-state index < -0.39 is 0 Å². The number of nitrogens with zero attached hydrogens (tertiary/aromatic N) is 2. The molecule has 0 atom stereocenters. The molecule has 1 fully saturated rings. The Balaban J connectivity index is 1.59. The van der Waals surface area contributed by atoms with Crippen LogP contribution in [0.15, 0.2) is 78.9 Å². The summed E-state index contributed by atoms with van der Waals surface area (Å²) < 4.78 is 0. The van der Waals surface area contributed by atoms with Gasteiger partial charge >= 0.3 is 0 Å². The average molecular weight is 638 g/mol. The topological polar surface area (TPSA) is 6.48 Å². The summed E-state index contributed by atoms with van der Waals surface area (Å²) in [6.07, 6.45) is 3.39. The summed E-state index contributed by atoms with van der Waals surface area (Å²) in [5.41, 5.74) is 15.2. The Labute approximate surface area is 291 Å². The minimum Gasteiger partial charge on any atom is -0.353 e. The fourth-order valence-electron chi connectivity index (χ4n) is 10.0. The lowest BCUT2D eigenvalue weighted by Gasteiger charge is -2.50. The van der Waals surface area contributed by atoms with Gasteiger partial charge in [0, 0.05) is 27.5 Å².